The van der Waals surface area contributed by atoms with E-state index in [0.29, 0.717) is 5.56 Å². The average Bonchev–Trinajstić information content (AvgIpc) is 2.19. The Balaban J connectivity index is 2.86. The van der Waals surface area contributed by atoms with Gasteiger partial charge in [-0.05, 0) is 18.6 Å². The predicted molar refractivity (Wildman–Crippen MR) is 51.9 cm³/mol. The van der Waals surface area contributed by atoms with Crippen molar-refractivity contribution in [2.75, 3.05) is 0 Å². The van der Waals surface area contributed by atoms with Crippen LogP contribution in [0.15, 0.2) is 30.5 Å². The number of nitrogens with zero attached hydrogens (tertiary/aromatic N) is 1. The molecule has 2 rings (SSSR count). The van der Waals surface area contributed by atoms with Gasteiger partial charge < -0.3 is 0 Å². The molecule has 0 saturated carbocycles. The summed E-state index contributed by atoms with van der Waals surface area (Å²) in [6.07, 6.45) is 2.46. The van der Waals surface area contributed by atoms with Gasteiger partial charge in [0.05, 0.1) is 5.52 Å². The Kier molecular flexibility index (Phi) is 1.81. The molecule has 0 aliphatic carbocycles. The lowest BCUT2D eigenvalue weighted by Gasteiger charge is -2.02. The minimum absolute atomic E-state index is 0.665. The average molecular weight is 171 g/mol. The van der Waals surface area contributed by atoms with E-state index >= 15 is 0 Å². The van der Waals surface area contributed by atoms with Gasteiger partial charge >= 0.3 is 0 Å². The summed E-state index contributed by atoms with van der Waals surface area (Å²) < 4.78 is 0. The summed E-state index contributed by atoms with van der Waals surface area (Å²) in [5.74, 6) is 0. The molecule has 1 aromatic carbocycles. The quantitative estimate of drug-likeness (QED) is 0.616. The van der Waals surface area contributed by atoms with Crippen LogP contribution in [0.5, 0.6) is 0 Å². The largest absolute Gasteiger partial charge is 0.298 e. The number of pyridine rings is 1. The van der Waals surface area contributed by atoms with Crippen LogP contribution < -0.4 is 0 Å². The van der Waals surface area contributed by atoms with E-state index < -0.39 is 0 Å². The number of aldehydes is 1. The summed E-state index contributed by atoms with van der Waals surface area (Å²) in [5.41, 5.74) is 2.60. The third kappa shape index (κ3) is 1.20. The first kappa shape index (κ1) is 7.92. The predicted octanol–water partition coefficient (Wildman–Crippen LogP) is 2.36. The third-order valence-corrected chi connectivity index (χ3v) is 2.21. The lowest BCUT2D eigenvalue weighted by Crippen LogP contribution is -1.90. The van der Waals surface area contributed by atoms with E-state index in [4.69, 9.17) is 0 Å². The number of carbonyl (C=O) groups excluding carboxylic acids is 1. The zero-order chi connectivity index (χ0) is 9.26. The third-order valence-electron chi connectivity index (χ3n) is 2.21. The van der Waals surface area contributed by atoms with Gasteiger partial charge in [-0.25, -0.2) is 0 Å². The van der Waals surface area contributed by atoms with E-state index in [2.05, 4.69) is 4.98 Å². The van der Waals surface area contributed by atoms with Gasteiger partial charge in [-0.1, -0.05) is 18.2 Å². The van der Waals surface area contributed by atoms with E-state index in [0.717, 1.165) is 22.8 Å². The number of aromatic nitrogens is 1. The highest BCUT2D eigenvalue weighted by Gasteiger charge is 2.01. The molecule has 0 spiro atoms. The van der Waals surface area contributed by atoms with Crippen LogP contribution >= 0.6 is 0 Å². The summed E-state index contributed by atoms with van der Waals surface area (Å²) in [6.45, 7) is 1.94. The lowest BCUT2D eigenvalue weighted by atomic mass is 10.1. The van der Waals surface area contributed by atoms with Crippen molar-refractivity contribution in [1.29, 1.82) is 0 Å². The standard InChI is InChI=1S/C11H9NO/c1-8-9(7-13)6-12-11-5-3-2-4-10(8)11/h2-7H,1H3. The molecule has 0 saturated heterocycles. The molecular formula is C11H9NO. The molecule has 64 valence electrons. The van der Waals surface area contributed by atoms with Crippen molar-refractivity contribution in [2.45, 2.75) is 6.92 Å². The number of benzene rings is 1. The van der Waals surface area contributed by atoms with Crippen molar-refractivity contribution in [3.8, 4) is 0 Å². The maximum Gasteiger partial charge on any atom is 0.151 e. The van der Waals surface area contributed by atoms with E-state index in [1.807, 2.05) is 31.2 Å². The molecule has 0 aliphatic rings. The molecule has 0 atom stereocenters. The van der Waals surface area contributed by atoms with Crippen molar-refractivity contribution in [3.63, 3.8) is 0 Å². The van der Waals surface area contributed by atoms with Crippen LogP contribution in [0.3, 0.4) is 0 Å². The molecule has 2 nitrogen and oxygen atoms in total. The van der Waals surface area contributed by atoms with Gasteiger partial charge in [0.15, 0.2) is 6.29 Å². The first-order valence-corrected chi connectivity index (χ1v) is 4.12. The van der Waals surface area contributed by atoms with Crippen LogP contribution in [0.25, 0.3) is 10.9 Å². The molecule has 0 radical (unpaired) electrons. The Morgan fingerprint density at radius 2 is 2.08 bits per heavy atom. The number of hydrogen-bond donors (Lipinski definition) is 0. The van der Waals surface area contributed by atoms with Crippen LogP contribution in [0.2, 0.25) is 0 Å². The summed E-state index contributed by atoms with van der Waals surface area (Å²) in [5, 5.41) is 1.05. The highest BCUT2D eigenvalue weighted by atomic mass is 16.1. The number of rotatable bonds is 1. The zero-order valence-corrected chi connectivity index (χ0v) is 7.32. The molecular weight excluding hydrogens is 162 g/mol. The molecule has 0 fully saturated rings. The second-order valence-electron chi connectivity index (χ2n) is 2.97. The number of hydrogen-bond acceptors (Lipinski definition) is 2. The Morgan fingerprint density at radius 1 is 1.31 bits per heavy atom. The topological polar surface area (TPSA) is 30.0 Å². The van der Waals surface area contributed by atoms with Crippen LogP contribution in [-0.4, -0.2) is 11.3 Å². The summed E-state index contributed by atoms with van der Waals surface area (Å²) in [7, 11) is 0. The fourth-order valence-corrected chi connectivity index (χ4v) is 1.41. The van der Waals surface area contributed by atoms with Gasteiger partial charge in [-0.15, -0.1) is 0 Å². The van der Waals surface area contributed by atoms with Crippen LogP contribution in [0, 0.1) is 6.92 Å². The number of carbonyl (C=O) groups is 1. The molecule has 0 bridgehead atoms. The van der Waals surface area contributed by atoms with Gasteiger partial charge in [-0.2, -0.15) is 0 Å². The molecule has 0 amide bonds. The highest BCUT2D eigenvalue weighted by molar-refractivity contribution is 5.89. The van der Waals surface area contributed by atoms with Gasteiger partial charge in [0, 0.05) is 17.1 Å². The van der Waals surface area contributed by atoms with Crippen LogP contribution in [0.4, 0.5) is 0 Å². The number of aryl methyl sites for hydroxylation is 1. The first-order valence-electron chi connectivity index (χ1n) is 4.12. The molecule has 2 aromatic rings. The minimum atomic E-state index is 0.665. The molecule has 1 heterocycles. The first-order chi connectivity index (χ1) is 6.33. The maximum absolute atomic E-state index is 10.6. The Hall–Kier alpha value is -1.70. The van der Waals surface area contributed by atoms with Crippen molar-refractivity contribution in [3.05, 3.63) is 41.6 Å². The lowest BCUT2D eigenvalue weighted by molar-refractivity contribution is 0.112. The summed E-state index contributed by atoms with van der Waals surface area (Å²) in [6, 6.07) is 7.81. The summed E-state index contributed by atoms with van der Waals surface area (Å²) in [4.78, 5) is 14.8. The van der Waals surface area contributed by atoms with Crippen LogP contribution in [-0.2, 0) is 0 Å². The van der Waals surface area contributed by atoms with E-state index in [-0.39, 0.29) is 0 Å². The summed E-state index contributed by atoms with van der Waals surface area (Å²) >= 11 is 0. The minimum Gasteiger partial charge on any atom is -0.298 e. The monoisotopic (exact) mass is 171 g/mol. The van der Waals surface area contributed by atoms with E-state index in [1.54, 1.807) is 6.20 Å². The Morgan fingerprint density at radius 3 is 2.85 bits per heavy atom. The zero-order valence-electron chi connectivity index (χ0n) is 7.32. The van der Waals surface area contributed by atoms with E-state index in [9.17, 15) is 4.79 Å². The van der Waals surface area contributed by atoms with Gasteiger partial charge in [0.2, 0.25) is 0 Å². The molecule has 1 aromatic heterocycles. The molecule has 13 heavy (non-hydrogen) atoms. The fourth-order valence-electron chi connectivity index (χ4n) is 1.41. The Bertz CT molecular complexity index is 463. The molecule has 0 aliphatic heterocycles. The maximum atomic E-state index is 10.6. The van der Waals surface area contributed by atoms with Crippen LogP contribution in [0.1, 0.15) is 15.9 Å². The normalized spacial score (nSPS) is 10.2. The SMILES string of the molecule is Cc1c(C=O)cnc2ccccc12. The van der Waals surface area contributed by atoms with Crippen molar-refractivity contribution >= 4 is 17.2 Å². The Labute approximate surface area is 76.2 Å². The van der Waals surface area contributed by atoms with Gasteiger partial charge in [0.25, 0.3) is 0 Å². The van der Waals surface area contributed by atoms with Crippen molar-refractivity contribution in [1.82, 2.24) is 4.98 Å². The molecule has 0 unspecified atom stereocenters. The van der Waals surface area contributed by atoms with Gasteiger partial charge in [-0.3, -0.25) is 9.78 Å². The van der Waals surface area contributed by atoms with Crippen molar-refractivity contribution < 1.29 is 4.79 Å². The highest BCUT2D eigenvalue weighted by Crippen LogP contribution is 2.17. The van der Waals surface area contributed by atoms with Crippen molar-refractivity contribution in [2.24, 2.45) is 0 Å². The second kappa shape index (κ2) is 2.98. The number of fused-ring (bicyclic) bond motifs is 1. The van der Waals surface area contributed by atoms with Gasteiger partial charge in [0.1, 0.15) is 0 Å². The molecule has 2 heteroatoms. The second-order valence-corrected chi connectivity index (χ2v) is 2.97. The van der Waals surface area contributed by atoms with E-state index in [1.165, 1.54) is 0 Å². The smallest absolute Gasteiger partial charge is 0.151 e. The molecule has 0 N–H and O–H groups in total. The number of para-hydroxylation sites is 1. The fraction of sp³-hybridized carbons (Fsp3) is 0.0909.